The summed E-state index contributed by atoms with van der Waals surface area (Å²) in [6.45, 7) is 2.26. The standard InChI is InChI=1S/C21H24N2O2/c1-21-9-5-4-6-15(21)17(25)11-14-13-10-12-7-8-16(24)18(12)19(13)22(2)23(3)20(14)21/h6,11,25H,4-5,7-10H2,1-3H3. The van der Waals surface area contributed by atoms with Gasteiger partial charge in [0.05, 0.1) is 11.4 Å². The number of rotatable bonds is 0. The Morgan fingerprint density at radius 2 is 2.00 bits per heavy atom. The number of Topliss-reactive ketones (excluding diaryl/α,β-unsaturated/α-hetero) is 1. The summed E-state index contributed by atoms with van der Waals surface area (Å²) < 4.78 is 0. The van der Waals surface area contributed by atoms with E-state index in [4.69, 9.17) is 0 Å². The van der Waals surface area contributed by atoms with E-state index in [1.807, 2.05) is 6.08 Å². The lowest BCUT2D eigenvalue weighted by Gasteiger charge is -2.50. The Labute approximate surface area is 148 Å². The normalized spacial score (nSPS) is 31.1. The highest BCUT2D eigenvalue weighted by molar-refractivity contribution is 6.04. The summed E-state index contributed by atoms with van der Waals surface area (Å²) in [7, 11) is 4.15. The monoisotopic (exact) mass is 336 g/mol. The minimum absolute atomic E-state index is 0.162. The molecule has 1 aliphatic heterocycles. The fourth-order valence-electron chi connectivity index (χ4n) is 5.55. The predicted molar refractivity (Wildman–Crippen MR) is 96.2 cm³/mol. The summed E-state index contributed by atoms with van der Waals surface area (Å²) in [6.07, 6.45) is 9.75. The molecule has 130 valence electrons. The molecule has 0 saturated heterocycles. The molecular weight excluding hydrogens is 312 g/mol. The van der Waals surface area contributed by atoms with Crippen LogP contribution >= 0.6 is 0 Å². The first kappa shape index (κ1) is 15.1. The number of nitrogens with zero attached hydrogens (tertiary/aromatic N) is 2. The van der Waals surface area contributed by atoms with Crippen LogP contribution in [-0.2, 0) is 4.79 Å². The molecule has 0 amide bonds. The largest absolute Gasteiger partial charge is 0.508 e. The van der Waals surface area contributed by atoms with E-state index in [0.29, 0.717) is 12.2 Å². The first-order valence-corrected chi connectivity index (χ1v) is 9.26. The van der Waals surface area contributed by atoms with Crippen LogP contribution in [0.1, 0.15) is 45.4 Å². The Balaban J connectivity index is 1.76. The molecule has 25 heavy (non-hydrogen) atoms. The first-order chi connectivity index (χ1) is 11.9. The zero-order valence-electron chi connectivity index (χ0n) is 15.1. The van der Waals surface area contributed by atoms with Crippen LogP contribution in [0.2, 0.25) is 0 Å². The zero-order valence-corrected chi connectivity index (χ0v) is 15.1. The fourth-order valence-corrected chi connectivity index (χ4v) is 5.55. The minimum atomic E-state index is -0.162. The van der Waals surface area contributed by atoms with Crippen LogP contribution in [0.3, 0.4) is 0 Å². The molecule has 0 spiro atoms. The molecule has 4 heteroatoms. The number of aliphatic hydroxyl groups is 1. The lowest BCUT2D eigenvalue weighted by Crippen LogP contribution is -2.47. The van der Waals surface area contributed by atoms with Gasteiger partial charge in [0.2, 0.25) is 0 Å². The van der Waals surface area contributed by atoms with E-state index in [2.05, 4.69) is 37.1 Å². The van der Waals surface area contributed by atoms with Gasteiger partial charge in [-0.2, -0.15) is 0 Å². The minimum Gasteiger partial charge on any atom is -0.508 e. The molecule has 0 aromatic carbocycles. The van der Waals surface area contributed by atoms with Crippen molar-refractivity contribution in [2.45, 2.75) is 45.4 Å². The van der Waals surface area contributed by atoms with Crippen molar-refractivity contribution in [2.75, 3.05) is 14.1 Å². The molecule has 4 aliphatic carbocycles. The topological polar surface area (TPSA) is 43.8 Å². The number of fused-ring (bicyclic) bond motifs is 4. The van der Waals surface area contributed by atoms with Gasteiger partial charge in [-0.05, 0) is 50.7 Å². The molecule has 5 rings (SSSR count). The van der Waals surface area contributed by atoms with E-state index in [1.165, 1.54) is 16.8 Å². The third-order valence-corrected chi connectivity index (χ3v) is 6.78. The van der Waals surface area contributed by atoms with Crippen LogP contribution in [0.25, 0.3) is 0 Å². The molecule has 5 aliphatic rings. The molecule has 0 radical (unpaired) electrons. The van der Waals surface area contributed by atoms with E-state index in [0.717, 1.165) is 54.5 Å². The first-order valence-electron chi connectivity index (χ1n) is 9.26. The third-order valence-electron chi connectivity index (χ3n) is 6.78. The van der Waals surface area contributed by atoms with E-state index >= 15 is 0 Å². The van der Waals surface area contributed by atoms with Crippen molar-refractivity contribution in [3.8, 4) is 0 Å². The molecular formula is C21H24N2O2. The lowest BCUT2D eigenvalue weighted by atomic mass is 9.66. The molecule has 0 saturated carbocycles. The lowest BCUT2D eigenvalue weighted by molar-refractivity contribution is -0.115. The Morgan fingerprint density at radius 1 is 1.20 bits per heavy atom. The van der Waals surface area contributed by atoms with Crippen molar-refractivity contribution in [3.05, 3.63) is 57.2 Å². The maximum Gasteiger partial charge on any atom is 0.165 e. The number of likely N-dealkylation sites (N-methyl/N-ethyl adjacent to an activating group) is 1. The molecule has 1 atom stereocenters. The Kier molecular flexibility index (Phi) is 2.82. The van der Waals surface area contributed by atoms with Gasteiger partial charge < -0.3 is 5.11 Å². The molecule has 0 bridgehead atoms. The second kappa shape index (κ2) is 4.69. The Bertz CT molecular complexity index is 884. The van der Waals surface area contributed by atoms with E-state index in [-0.39, 0.29) is 11.2 Å². The number of hydrazine groups is 1. The van der Waals surface area contributed by atoms with E-state index in [1.54, 1.807) is 0 Å². The summed E-state index contributed by atoms with van der Waals surface area (Å²) >= 11 is 0. The summed E-state index contributed by atoms with van der Waals surface area (Å²) in [4.78, 5) is 12.5. The van der Waals surface area contributed by atoms with Crippen LogP contribution in [0, 0.1) is 5.41 Å². The highest BCUT2D eigenvalue weighted by atomic mass is 16.3. The average molecular weight is 336 g/mol. The smallest absolute Gasteiger partial charge is 0.165 e. The van der Waals surface area contributed by atoms with Gasteiger partial charge in [-0.1, -0.05) is 11.6 Å². The highest BCUT2D eigenvalue weighted by Crippen LogP contribution is 2.57. The van der Waals surface area contributed by atoms with Crippen molar-refractivity contribution in [1.29, 1.82) is 0 Å². The Hall–Kier alpha value is -2.23. The average Bonchev–Trinajstić information content (AvgIpc) is 3.12. The maximum atomic E-state index is 12.5. The molecule has 0 aromatic heterocycles. The van der Waals surface area contributed by atoms with Crippen LogP contribution in [0.5, 0.6) is 0 Å². The zero-order chi connectivity index (χ0) is 17.5. The van der Waals surface area contributed by atoms with Crippen LogP contribution in [0.4, 0.5) is 0 Å². The molecule has 1 heterocycles. The van der Waals surface area contributed by atoms with Crippen molar-refractivity contribution in [2.24, 2.45) is 5.41 Å². The van der Waals surface area contributed by atoms with Gasteiger partial charge in [0.15, 0.2) is 5.78 Å². The van der Waals surface area contributed by atoms with Crippen molar-refractivity contribution in [3.63, 3.8) is 0 Å². The predicted octanol–water partition coefficient (Wildman–Crippen LogP) is 3.92. The van der Waals surface area contributed by atoms with Crippen LogP contribution in [-0.4, -0.2) is 35.0 Å². The van der Waals surface area contributed by atoms with Gasteiger partial charge in [0.1, 0.15) is 5.76 Å². The number of carbonyl (C=O) groups is 1. The van der Waals surface area contributed by atoms with E-state index in [9.17, 15) is 9.90 Å². The maximum absolute atomic E-state index is 12.5. The molecule has 0 fully saturated rings. The van der Waals surface area contributed by atoms with Gasteiger partial charge in [0, 0.05) is 42.7 Å². The third kappa shape index (κ3) is 1.70. The number of allylic oxidation sites excluding steroid dienone is 8. The summed E-state index contributed by atoms with van der Waals surface area (Å²) in [5, 5.41) is 15.1. The van der Waals surface area contributed by atoms with Gasteiger partial charge in [-0.15, -0.1) is 0 Å². The van der Waals surface area contributed by atoms with Gasteiger partial charge in [0.25, 0.3) is 0 Å². The molecule has 4 nitrogen and oxygen atoms in total. The molecule has 1 N–H and O–H groups in total. The summed E-state index contributed by atoms with van der Waals surface area (Å²) in [6, 6.07) is 0. The fraction of sp³-hybridized carbons (Fsp3) is 0.476. The number of hydrogen-bond donors (Lipinski definition) is 1. The van der Waals surface area contributed by atoms with Crippen molar-refractivity contribution in [1.82, 2.24) is 10.0 Å². The number of hydrogen-bond acceptors (Lipinski definition) is 4. The number of ketones is 1. The second-order valence-corrected chi connectivity index (χ2v) is 8.09. The SMILES string of the molecule is CN1C2=C(CC3=C2C(=O)CC3)C2=C(N1C)C1(C)CCCC=C1C(O)=C2. The van der Waals surface area contributed by atoms with Gasteiger partial charge >= 0.3 is 0 Å². The quantitative estimate of drug-likeness (QED) is 0.728. The second-order valence-electron chi connectivity index (χ2n) is 8.09. The number of carbonyl (C=O) groups excluding carboxylic acids is 1. The van der Waals surface area contributed by atoms with Gasteiger partial charge in [-0.3, -0.25) is 14.8 Å². The number of aliphatic hydroxyl groups excluding tert-OH is 1. The van der Waals surface area contributed by atoms with E-state index < -0.39 is 0 Å². The summed E-state index contributed by atoms with van der Waals surface area (Å²) in [5.41, 5.74) is 7.83. The van der Waals surface area contributed by atoms with Crippen molar-refractivity contribution >= 4 is 5.78 Å². The Morgan fingerprint density at radius 3 is 2.80 bits per heavy atom. The summed E-state index contributed by atoms with van der Waals surface area (Å²) in [5.74, 6) is 0.682. The van der Waals surface area contributed by atoms with Crippen LogP contribution < -0.4 is 0 Å². The van der Waals surface area contributed by atoms with Crippen LogP contribution in [0.15, 0.2) is 57.2 Å². The van der Waals surface area contributed by atoms with Gasteiger partial charge in [-0.25, -0.2) is 0 Å². The van der Waals surface area contributed by atoms with Crippen molar-refractivity contribution < 1.29 is 9.90 Å². The highest BCUT2D eigenvalue weighted by Gasteiger charge is 2.49. The molecule has 1 unspecified atom stereocenters. The molecule has 0 aromatic rings.